The predicted molar refractivity (Wildman–Crippen MR) is 70.3 cm³/mol. The molecule has 0 aliphatic carbocycles. The monoisotopic (exact) mass is 365 g/mol. The van der Waals surface area contributed by atoms with Crippen LogP contribution in [0.15, 0.2) is 28.7 Å². The highest BCUT2D eigenvalue weighted by Gasteiger charge is 2.35. The highest BCUT2D eigenvalue weighted by Crippen LogP contribution is 2.29. The zero-order chi connectivity index (χ0) is 15.8. The van der Waals surface area contributed by atoms with Crippen molar-refractivity contribution in [3.63, 3.8) is 0 Å². The highest BCUT2D eigenvalue weighted by molar-refractivity contribution is 9.10. The van der Waals surface area contributed by atoms with Crippen molar-refractivity contribution in [1.29, 1.82) is 0 Å². The zero-order valence-electron chi connectivity index (χ0n) is 10.5. The molecule has 4 nitrogen and oxygen atoms in total. The number of hydrogen-bond donors (Lipinski definition) is 1. The molecule has 1 heterocycles. The fraction of sp³-hybridized carbons (Fsp3) is 0.167. The molecule has 0 bridgehead atoms. The van der Waals surface area contributed by atoms with Crippen molar-refractivity contribution in [3.8, 4) is 0 Å². The summed E-state index contributed by atoms with van der Waals surface area (Å²) in [5.41, 5.74) is -1.67. The second-order valence-electron chi connectivity index (χ2n) is 4.11. The molecular weight excluding hydrogens is 358 g/mol. The van der Waals surface area contributed by atoms with E-state index < -0.39 is 29.3 Å². The summed E-state index contributed by atoms with van der Waals surface area (Å²) in [5, 5.41) is 5.64. The molecule has 112 valence electrons. The first-order valence-electron chi connectivity index (χ1n) is 5.56. The molecule has 1 aromatic heterocycles. The van der Waals surface area contributed by atoms with Gasteiger partial charge >= 0.3 is 6.18 Å². The molecule has 0 aliphatic rings. The third kappa shape index (κ3) is 3.41. The maximum Gasteiger partial charge on any atom is 0.433 e. The summed E-state index contributed by atoms with van der Waals surface area (Å²) in [4.78, 5) is 11.8. The Morgan fingerprint density at radius 3 is 2.52 bits per heavy atom. The number of carbonyl (C=O) groups is 1. The molecular formula is C12H8BrF4N3O. The number of rotatable bonds is 2. The van der Waals surface area contributed by atoms with Crippen LogP contribution in [0.3, 0.4) is 0 Å². The van der Waals surface area contributed by atoms with Crippen molar-refractivity contribution >= 4 is 27.5 Å². The number of alkyl halides is 3. The van der Waals surface area contributed by atoms with Gasteiger partial charge in [0.2, 0.25) is 0 Å². The molecule has 1 aromatic carbocycles. The van der Waals surface area contributed by atoms with Gasteiger partial charge in [0.1, 0.15) is 11.5 Å². The molecule has 0 radical (unpaired) electrons. The van der Waals surface area contributed by atoms with Crippen molar-refractivity contribution in [2.75, 3.05) is 5.32 Å². The fourth-order valence-electron chi connectivity index (χ4n) is 1.62. The van der Waals surface area contributed by atoms with Gasteiger partial charge in [-0.3, -0.25) is 9.48 Å². The predicted octanol–water partition coefficient (Wildman–Crippen LogP) is 3.59. The van der Waals surface area contributed by atoms with Crippen LogP contribution in [0.1, 0.15) is 16.2 Å². The van der Waals surface area contributed by atoms with Gasteiger partial charge in [0.15, 0.2) is 5.69 Å². The second-order valence-corrected chi connectivity index (χ2v) is 5.03. The molecule has 0 saturated heterocycles. The first-order valence-corrected chi connectivity index (χ1v) is 6.35. The molecule has 1 amide bonds. The number of anilines is 1. The van der Waals surface area contributed by atoms with Crippen LogP contribution in [0.5, 0.6) is 0 Å². The Morgan fingerprint density at radius 1 is 1.33 bits per heavy atom. The van der Waals surface area contributed by atoms with E-state index in [-0.39, 0.29) is 5.69 Å². The Bertz CT molecular complexity index is 696. The summed E-state index contributed by atoms with van der Waals surface area (Å²) in [5.74, 6) is -1.65. The van der Waals surface area contributed by atoms with Crippen LogP contribution in [0.2, 0.25) is 0 Å². The minimum Gasteiger partial charge on any atom is -0.318 e. The fourth-order valence-corrected chi connectivity index (χ4v) is 1.95. The molecule has 0 atom stereocenters. The van der Waals surface area contributed by atoms with E-state index in [0.717, 1.165) is 13.1 Å². The maximum atomic E-state index is 13.5. The number of amides is 1. The van der Waals surface area contributed by atoms with E-state index >= 15 is 0 Å². The van der Waals surface area contributed by atoms with Crippen molar-refractivity contribution in [2.45, 2.75) is 6.18 Å². The lowest BCUT2D eigenvalue weighted by molar-refractivity contribution is -0.143. The number of halogens is 5. The number of carbonyl (C=O) groups excluding carboxylic acids is 1. The minimum absolute atomic E-state index is 0.151. The Balaban J connectivity index is 2.25. The Labute approximate surface area is 124 Å². The summed E-state index contributed by atoms with van der Waals surface area (Å²) in [6, 6.07) is 4.49. The highest BCUT2D eigenvalue weighted by atomic mass is 79.9. The smallest absolute Gasteiger partial charge is 0.318 e. The largest absolute Gasteiger partial charge is 0.433 e. The van der Waals surface area contributed by atoms with Crippen molar-refractivity contribution in [3.05, 3.63) is 45.9 Å². The molecule has 0 unspecified atom stereocenters. The molecule has 21 heavy (non-hydrogen) atoms. The third-order valence-electron chi connectivity index (χ3n) is 2.58. The van der Waals surface area contributed by atoms with Crippen LogP contribution in [0, 0.1) is 5.82 Å². The number of hydrogen-bond acceptors (Lipinski definition) is 2. The van der Waals surface area contributed by atoms with Gasteiger partial charge in [-0.15, -0.1) is 0 Å². The van der Waals surface area contributed by atoms with Gasteiger partial charge in [-0.25, -0.2) is 4.39 Å². The molecule has 0 spiro atoms. The number of aromatic nitrogens is 2. The Hall–Kier alpha value is -1.90. The summed E-state index contributed by atoms with van der Waals surface area (Å²) in [6.07, 6.45) is -4.62. The summed E-state index contributed by atoms with van der Waals surface area (Å²) in [6.45, 7) is 0. The van der Waals surface area contributed by atoms with Gasteiger partial charge < -0.3 is 5.32 Å². The number of benzene rings is 1. The summed E-state index contributed by atoms with van der Waals surface area (Å²) >= 11 is 3.05. The summed E-state index contributed by atoms with van der Waals surface area (Å²) < 4.78 is 52.4. The topological polar surface area (TPSA) is 46.9 Å². The van der Waals surface area contributed by atoms with Gasteiger partial charge in [-0.05, 0) is 18.2 Å². The lowest BCUT2D eigenvalue weighted by atomic mass is 10.3. The molecule has 2 aromatic rings. The van der Waals surface area contributed by atoms with E-state index in [1.807, 2.05) is 0 Å². The average molecular weight is 366 g/mol. The van der Waals surface area contributed by atoms with E-state index in [1.165, 1.54) is 12.1 Å². The standard InChI is InChI=1S/C12H8BrF4N3O/c1-20-10(12(15,16)17)5-9(19-20)11(21)18-8-3-2-6(13)4-7(8)14/h2-5H,1H3,(H,18,21). The number of nitrogens with zero attached hydrogens (tertiary/aromatic N) is 2. The van der Waals surface area contributed by atoms with Crippen LogP contribution in [-0.2, 0) is 13.2 Å². The van der Waals surface area contributed by atoms with Gasteiger partial charge in [-0.2, -0.15) is 18.3 Å². The Morgan fingerprint density at radius 2 is 2.00 bits per heavy atom. The van der Waals surface area contributed by atoms with Crippen molar-refractivity contribution < 1.29 is 22.4 Å². The minimum atomic E-state index is -4.62. The van der Waals surface area contributed by atoms with Crippen LogP contribution in [-0.4, -0.2) is 15.7 Å². The van der Waals surface area contributed by atoms with Gasteiger partial charge in [-0.1, -0.05) is 15.9 Å². The van der Waals surface area contributed by atoms with E-state index in [2.05, 4.69) is 26.3 Å². The number of nitrogens with one attached hydrogen (secondary N) is 1. The van der Waals surface area contributed by atoms with Gasteiger partial charge in [0.25, 0.3) is 5.91 Å². The first kappa shape index (κ1) is 15.5. The third-order valence-corrected chi connectivity index (χ3v) is 3.08. The lowest BCUT2D eigenvalue weighted by Crippen LogP contribution is -2.14. The van der Waals surface area contributed by atoms with Gasteiger partial charge in [0.05, 0.1) is 5.69 Å². The molecule has 9 heteroatoms. The first-order chi connectivity index (χ1) is 9.68. The van der Waals surface area contributed by atoms with E-state index in [0.29, 0.717) is 15.2 Å². The van der Waals surface area contributed by atoms with Crippen LogP contribution >= 0.6 is 15.9 Å². The Kier molecular flexibility index (Phi) is 4.04. The zero-order valence-corrected chi connectivity index (χ0v) is 12.1. The second kappa shape index (κ2) is 5.47. The quantitative estimate of drug-likeness (QED) is 0.826. The van der Waals surface area contributed by atoms with Crippen LogP contribution < -0.4 is 5.32 Å². The van der Waals surface area contributed by atoms with Crippen LogP contribution in [0.4, 0.5) is 23.2 Å². The number of aryl methyl sites for hydroxylation is 1. The molecule has 0 fully saturated rings. The van der Waals surface area contributed by atoms with E-state index in [4.69, 9.17) is 0 Å². The molecule has 0 aliphatic heterocycles. The van der Waals surface area contributed by atoms with Crippen molar-refractivity contribution in [2.24, 2.45) is 7.05 Å². The SMILES string of the molecule is Cn1nc(C(=O)Nc2ccc(Br)cc2F)cc1C(F)(F)F. The molecule has 1 N–H and O–H groups in total. The van der Waals surface area contributed by atoms with E-state index in [9.17, 15) is 22.4 Å². The molecule has 2 rings (SSSR count). The van der Waals surface area contributed by atoms with Gasteiger partial charge in [0, 0.05) is 17.6 Å². The maximum absolute atomic E-state index is 13.5. The van der Waals surface area contributed by atoms with Crippen molar-refractivity contribution in [1.82, 2.24) is 9.78 Å². The average Bonchev–Trinajstić information content (AvgIpc) is 2.75. The van der Waals surface area contributed by atoms with Crippen LogP contribution in [0.25, 0.3) is 0 Å². The molecule has 0 saturated carbocycles. The lowest BCUT2D eigenvalue weighted by Gasteiger charge is -2.04. The summed E-state index contributed by atoms with van der Waals surface area (Å²) in [7, 11) is 1.07. The van der Waals surface area contributed by atoms with E-state index in [1.54, 1.807) is 0 Å². The normalized spacial score (nSPS) is 11.5.